The first-order valence-electron chi connectivity index (χ1n) is 6.15. The van der Waals surface area contributed by atoms with E-state index in [9.17, 15) is 0 Å². The van der Waals surface area contributed by atoms with Gasteiger partial charge >= 0.3 is 0 Å². The van der Waals surface area contributed by atoms with Crippen LogP contribution >= 0.6 is 11.6 Å². The second-order valence-electron chi connectivity index (χ2n) is 4.99. The van der Waals surface area contributed by atoms with Gasteiger partial charge < -0.3 is 5.73 Å². The highest BCUT2D eigenvalue weighted by atomic mass is 35.5. The van der Waals surface area contributed by atoms with Crippen LogP contribution in [-0.4, -0.2) is 6.54 Å². The maximum Gasteiger partial charge on any atom is 0.0408 e. The van der Waals surface area contributed by atoms with Crippen LogP contribution in [0, 0.1) is 6.92 Å². The normalized spacial score (nSPS) is 18.9. The van der Waals surface area contributed by atoms with Crippen molar-refractivity contribution in [1.82, 2.24) is 0 Å². The molecule has 16 heavy (non-hydrogen) atoms. The molecule has 0 aliphatic heterocycles. The number of rotatable bonds is 3. The molecule has 0 spiro atoms. The SMILES string of the molecule is Cc1cc(Cl)ccc1C1(CCN)CCCC1. The van der Waals surface area contributed by atoms with E-state index in [0.29, 0.717) is 5.41 Å². The molecule has 0 bridgehead atoms. The van der Waals surface area contributed by atoms with E-state index < -0.39 is 0 Å². The molecule has 0 unspecified atom stereocenters. The third-order valence-corrected chi connectivity index (χ3v) is 4.18. The fraction of sp³-hybridized carbons (Fsp3) is 0.571. The van der Waals surface area contributed by atoms with Crippen molar-refractivity contribution in [2.75, 3.05) is 6.54 Å². The minimum Gasteiger partial charge on any atom is -0.330 e. The predicted molar refractivity (Wildman–Crippen MR) is 70.0 cm³/mol. The maximum absolute atomic E-state index is 6.02. The number of halogens is 1. The van der Waals surface area contributed by atoms with E-state index in [-0.39, 0.29) is 0 Å². The average molecular weight is 238 g/mol. The van der Waals surface area contributed by atoms with Crippen LogP contribution in [0.4, 0.5) is 0 Å². The van der Waals surface area contributed by atoms with Crippen molar-refractivity contribution >= 4 is 11.6 Å². The third kappa shape index (κ3) is 2.11. The fourth-order valence-corrected chi connectivity index (χ4v) is 3.43. The van der Waals surface area contributed by atoms with Crippen molar-refractivity contribution in [3.63, 3.8) is 0 Å². The lowest BCUT2D eigenvalue weighted by Gasteiger charge is -2.31. The zero-order chi connectivity index (χ0) is 11.6. The summed E-state index contributed by atoms with van der Waals surface area (Å²) in [5.41, 5.74) is 8.92. The summed E-state index contributed by atoms with van der Waals surface area (Å²) in [6.07, 6.45) is 6.35. The van der Waals surface area contributed by atoms with Gasteiger partial charge in [-0.25, -0.2) is 0 Å². The van der Waals surface area contributed by atoms with Gasteiger partial charge in [0.05, 0.1) is 0 Å². The molecule has 0 amide bonds. The molecule has 0 radical (unpaired) electrons. The molecule has 1 aliphatic carbocycles. The Balaban J connectivity index is 2.38. The van der Waals surface area contributed by atoms with Gasteiger partial charge in [0.15, 0.2) is 0 Å². The first-order chi connectivity index (χ1) is 7.68. The van der Waals surface area contributed by atoms with E-state index in [4.69, 9.17) is 17.3 Å². The molecule has 1 aliphatic rings. The van der Waals surface area contributed by atoms with Gasteiger partial charge in [-0.15, -0.1) is 0 Å². The van der Waals surface area contributed by atoms with E-state index in [1.807, 2.05) is 6.07 Å². The molecule has 1 fully saturated rings. The van der Waals surface area contributed by atoms with Crippen LogP contribution in [0.15, 0.2) is 18.2 Å². The lowest BCUT2D eigenvalue weighted by Crippen LogP contribution is -2.26. The Morgan fingerprint density at radius 3 is 2.56 bits per heavy atom. The summed E-state index contributed by atoms with van der Waals surface area (Å²) < 4.78 is 0. The van der Waals surface area contributed by atoms with Gasteiger partial charge in [0.1, 0.15) is 0 Å². The van der Waals surface area contributed by atoms with Crippen LogP contribution < -0.4 is 5.73 Å². The number of benzene rings is 1. The highest BCUT2D eigenvalue weighted by Crippen LogP contribution is 2.45. The molecule has 1 saturated carbocycles. The monoisotopic (exact) mass is 237 g/mol. The number of hydrogen-bond donors (Lipinski definition) is 1. The first kappa shape index (κ1) is 11.9. The van der Waals surface area contributed by atoms with Crippen molar-refractivity contribution in [2.45, 2.75) is 44.4 Å². The summed E-state index contributed by atoms with van der Waals surface area (Å²) in [5.74, 6) is 0. The molecule has 2 heteroatoms. The van der Waals surface area contributed by atoms with Crippen LogP contribution in [0.25, 0.3) is 0 Å². The number of nitrogens with two attached hydrogens (primary N) is 1. The zero-order valence-electron chi connectivity index (χ0n) is 9.93. The minimum absolute atomic E-state index is 0.337. The van der Waals surface area contributed by atoms with E-state index in [1.54, 1.807) is 0 Å². The van der Waals surface area contributed by atoms with Crippen molar-refractivity contribution in [3.05, 3.63) is 34.3 Å². The summed E-state index contributed by atoms with van der Waals surface area (Å²) in [6.45, 7) is 2.94. The Kier molecular flexibility index (Phi) is 3.56. The van der Waals surface area contributed by atoms with Crippen LogP contribution in [0.2, 0.25) is 5.02 Å². The zero-order valence-corrected chi connectivity index (χ0v) is 10.7. The Morgan fingerprint density at radius 1 is 1.31 bits per heavy atom. The lowest BCUT2D eigenvalue weighted by molar-refractivity contribution is 0.410. The van der Waals surface area contributed by atoms with E-state index in [0.717, 1.165) is 18.0 Å². The molecule has 0 aromatic heterocycles. The molecular weight excluding hydrogens is 218 g/mol. The smallest absolute Gasteiger partial charge is 0.0408 e. The largest absolute Gasteiger partial charge is 0.330 e. The molecule has 1 aromatic carbocycles. The van der Waals surface area contributed by atoms with Crippen molar-refractivity contribution in [2.24, 2.45) is 5.73 Å². The molecule has 1 aromatic rings. The van der Waals surface area contributed by atoms with Gasteiger partial charge in [-0.3, -0.25) is 0 Å². The van der Waals surface area contributed by atoms with E-state index in [1.165, 1.54) is 36.8 Å². The van der Waals surface area contributed by atoms with Crippen LogP contribution in [0.1, 0.15) is 43.2 Å². The molecular formula is C14H20ClN. The number of aryl methyl sites for hydroxylation is 1. The molecule has 2 N–H and O–H groups in total. The molecule has 0 atom stereocenters. The van der Waals surface area contributed by atoms with Gasteiger partial charge in [-0.1, -0.05) is 30.5 Å². The predicted octanol–water partition coefficient (Wildman–Crippen LogP) is 3.81. The van der Waals surface area contributed by atoms with E-state index >= 15 is 0 Å². The van der Waals surface area contributed by atoms with E-state index in [2.05, 4.69) is 19.1 Å². The average Bonchev–Trinajstić information content (AvgIpc) is 2.67. The van der Waals surface area contributed by atoms with Gasteiger partial charge in [0.2, 0.25) is 0 Å². The van der Waals surface area contributed by atoms with Crippen LogP contribution in [0.3, 0.4) is 0 Å². The Labute approximate surface area is 103 Å². The van der Waals surface area contributed by atoms with Crippen molar-refractivity contribution in [3.8, 4) is 0 Å². The second-order valence-corrected chi connectivity index (χ2v) is 5.42. The van der Waals surface area contributed by atoms with Crippen molar-refractivity contribution in [1.29, 1.82) is 0 Å². The summed E-state index contributed by atoms with van der Waals surface area (Å²) >= 11 is 6.02. The molecule has 1 nitrogen and oxygen atoms in total. The third-order valence-electron chi connectivity index (χ3n) is 3.94. The van der Waals surface area contributed by atoms with Gasteiger partial charge in [0.25, 0.3) is 0 Å². The number of hydrogen-bond acceptors (Lipinski definition) is 1. The van der Waals surface area contributed by atoms with Gasteiger partial charge in [-0.05, 0) is 61.4 Å². The molecule has 0 saturated heterocycles. The summed E-state index contributed by atoms with van der Waals surface area (Å²) in [5, 5.41) is 0.835. The fourth-order valence-electron chi connectivity index (χ4n) is 3.20. The van der Waals surface area contributed by atoms with Crippen LogP contribution in [0.5, 0.6) is 0 Å². The summed E-state index contributed by atoms with van der Waals surface area (Å²) in [4.78, 5) is 0. The summed E-state index contributed by atoms with van der Waals surface area (Å²) in [7, 11) is 0. The quantitative estimate of drug-likeness (QED) is 0.850. The molecule has 2 rings (SSSR count). The lowest BCUT2D eigenvalue weighted by atomic mass is 9.74. The standard InChI is InChI=1S/C14H20ClN/c1-11-10-12(15)4-5-13(11)14(8-9-16)6-2-3-7-14/h4-5,10H,2-3,6-9,16H2,1H3. The molecule has 0 heterocycles. The highest BCUT2D eigenvalue weighted by molar-refractivity contribution is 6.30. The highest BCUT2D eigenvalue weighted by Gasteiger charge is 2.35. The second kappa shape index (κ2) is 4.77. The molecule has 88 valence electrons. The first-order valence-corrected chi connectivity index (χ1v) is 6.52. The Hall–Kier alpha value is -0.530. The summed E-state index contributed by atoms with van der Waals surface area (Å²) in [6, 6.07) is 6.30. The van der Waals surface area contributed by atoms with Crippen molar-refractivity contribution < 1.29 is 0 Å². The van der Waals surface area contributed by atoms with Gasteiger partial charge in [-0.2, -0.15) is 0 Å². The van der Waals surface area contributed by atoms with Gasteiger partial charge in [0, 0.05) is 5.02 Å². The minimum atomic E-state index is 0.337. The Morgan fingerprint density at radius 2 is 2.00 bits per heavy atom. The maximum atomic E-state index is 6.02. The Bertz CT molecular complexity index is 367. The van der Waals surface area contributed by atoms with Crippen LogP contribution in [-0.2, 0) is 5.41 Å². The topological polar surface area (TPSA) is 26.0 Å².